The van der Waals surface area contributed by atoms with Crippen LogP contribution in [-0.4, -0.2) is 16.8 Å². The molecular weight excluding hydrogens is 244 g/mol. The lowest BCUT2D eigenvalue weighted by Gasteiger charge is -2.05. The van der Waals surface area contributed by atoms with Crippen LogP contribution < -0.4 is 5.43 Å². The molecule has 0 bridgehead atoms. The van der Waals surface area contributed by atoms with Gasteiger partial charge in [-0.25, -0.2) is 4.79 Å². The summed E-state index contributed by atoms with van der Waals surface area (Å²) in [4.78, 5) is 10.9. The third-order valence-electron chi connectivity index (χ3n) is 1.73. The predicted octanol–water partition coefficient (Wildman–Crippen LogP) is 1.85. The van der Waals surface area contributed by atoms with Crippen LogP contribution in [0.25, 0.3) is 0 Å². The Morgan fingerprint density at radius 2 is 2.06 bits per heavy atom. The van der Waals surface area contributed by atoms with Gasteiger partial charge >= 0.3 is 5.97 Å². The number of nitrogens with one attached hydrogen (secondary N) is 1. The topological polar surface area (TPSA) is 109 Å². The number of nitriles is 2. The van der Waals surface area contributed by atoms with Gasteiger partial charge in [0.05, 0.1) is 10.7 Å². The van der Waals surface area contributed by atoms with Crippen molar-refractivity contribution >= 4 is 29.0 Å². The Kier molecular flexibility index (Phi) is 4.04. The molecule has 0 radical (unpaired) electrons. The molecule has 0 fully saturated rings. The highest BCUT2D eigenvalue weighted by Gasteiger charge is 2.13. The molecule has 0 amide bonds. The van der Waals surface area contributed by atoms with Gasteiger partial charge in [0.15, 0.2) is 0 Å². The molecule has 1 aromatic carbocycles. The second kappa shape index (κ2) is 5.50. The zero-order valence-electron chi connectivity index (χ0n) is 8.31. The van der Waals surface area contributed by atoms with Crippen molar-refractivity contribution in [3.8, 4) is 12.1 Å². The molecule has 0 saturated heterocycles. The quantitative estimate of drug-likeness (QED) is 0.627. The summed E-state index contributed by atoms with van der Waals surface area (Å²) in [7, 11) is 0. The number of nitrogens with zero attached hydrogens (tertiary/aromatic N) is 3. The number of carbonyl (C=O) groups is 1. The molecule has 0 aliphatic heterocycles. The smallest absolute Gasteiger partial charge is 0.339 e. The fraction of sp³-hybridized carbons (Fsp3) is 0. The average molecular weight is 249 g/mol. The Balaban J connectivity index is 3.14. The van der Waals surface area contributed by atoms with E-state index in [9.17, 15) is 4.79 Å². The van der Waals surface area contributed by atoms with Gasteiger partial charge in [0.2, 0.25) is 5.71 Å². The van der Waals surface area contributed by atoms with Crippen molar-refractivity contribution in [2.24, 2.45) is 5.10 Å². The highest BCUT2D eigenvalue weighted by Crippen LogP contribution is 2.24. The van der Waals surface area contributed by atoms with Crippen LogP contribution in [0.5, 0.6) is 0 Å². The van der Waals surface area contributed by atoms with Crippen LogP contribution >= 0.6 is 11.6 Å². The van der Waals surface area contributed by atoms with Crippen molar-refractivity contribution in [3.05, 3.63) is 28.8 Å². The van der Waals surface area contributed by atoms with Gasteiger partial charge in [0.1, 0.15) is 17.7 Å². The van der Waals surface area contributed by atoms with Crippen LogP contribution in [0.1, 0.15) is 10.4 Å². The molecule has 17 heavy (non-hydrogen) atoms. The Morgan fingerprint density at radius 1 is 1.41 bits per heavy atom. The minimum Gasteiger partial charge on any atom is -0.478 e. The van der Waals surface area contributed by atoms with Gasteiger partial charge in [-0.15, -0.1) is 0 Å². The lowest BCUT2D eigenvalue weighted by atomic mass is 10.2. The summed E-state index contributed by atoms with van der Waals surface area (Å²) in [6, 6.07) is 7.42. The van der Waals surface area contributed by atoms with Crippen molar-refractivity contribution in [2.75, 3.05) is 5.43 Å². The molecule has 0 saturated carbocycles. The third-order valence-corrected chi connectivity index (χ3v) is 2.04. The molecule has 7 heteroatoms. The molecular formula is C10H5ClN4O2. The van der Waals surface area contributed by atoms with Gasteiger partial charge in [-0.3, -0.25) is 5.43 Å². The van der Waals surface area contributed by atoms with E-state index in [1.807, 2.05) is 0 Å². The highest BCUT2D eigenvalue weighted by molar-refractivity contribution is 6.34. The maximum atomic E-state index is 10.9. The van der Waals surface area contributed by atoms with E-state index in [1.54, 1.807) is 0 Å². The van der Waals surface area contributed by atoms with Crippen LogP contribution in [0.4, 0.5) is 5.69 Å². The minimum absolute atomic E-state index is 0.0353. The van der Waals surface area contributed by atoms with E-state index in [1.165, 1.54) is 30.3 Å². The van der Waals surface area contributed by atoms with E-state index in [0.29, 0.717) is 0 Å². The molecule has 0 spiro atoms. The Morgan fingerprint density at radius 3 is 2.59 bits per heavy atom. The zero-order valence-corrected chi connectivity index (χ0v) is 9.06. The summed E-state index contributed by atoms with van der Waals surface area (Å²) >= 11 is 5.71. The van der Waals surface area contributed by atoms with E-state index in [0.717, 1.165) is 0 Å². The zero-order chi connectivity index (χ0) is 12.8. The summed E-state index contributed by atoms with van der Waals surface area (Å²) < 4.78 is 0. The van der Waals surface area contributed by atoms with Crippen LogP contribution in [0.3, 0.4) is 0 Å². The van der Waals surface area contributed by atoms with Gasteiger partial charge in [0, 0.05) is 0 Å². The molecule has 2 N–H and O–H groups in total. The third kappa shape index (κ3) is 2.94. The van der Waals surface area contributed by atoms with E-state index in [-0.39, 0.29) is 16.3 Å². The summed E-state index contributed by atoms with van der Waals surface area (Å²) in [6.07, 6.45) is 0. The SMILES string of the molecule is N#CC(C#N)=NNc1cccc(Cl)c1C(=O)O. The summed E-state index contributed by atoms with van der Waals surface area (Å²) in [5, 5.41) is 29.3. The molecule has 84 valence electrons. The second-order valence-corrected chi connectivity index (χ2v) is 3.17. The van der Waals surface area contributed by atoms with Gasteiger partial charge in [0.25, 0.3) is 0 Å². The predicted molar refractivity (Wildman–Crippen MR) is 60.7 cm³/mol. The number of halogens is 1. The Bertz CT molecular complexity index is 553. The van der Waals surface area contributed by atoms with Crippen molar-refractivity contribution in [1.29, 1.82) is 10.5 Å². The average Bonchev–Trinajstić information content (AvgIpc) is 2.29. The number of aromatic carboxylic acids is 1. The number of hydrogen-bond donors (Lipinski definition) is 2. The van der Waals surface area contributed by atoms with Gasteiger partial charge in [-0.05, 0) is 12.1 Å². The number of carboxylic acid groups (broad SMARTS) is 1. The second-order valence-electron chi connectivity index (χ2n) is 2.76. The molecule has 0 aromatic heterocycles. The number of carboxylic acids is 1. The normalized spacial score (nSPS) is 8.65. The van der Waals surface area contributed by atoms with E-state index in [2.05, 4.69) is 10.5 Å². The van der Waals surface area contributed by atoms with Crippen LogP contribution in [0.2, 0.25) is 5.02 Å². The first-order valence-electron chi connectivity index (χ1n) is 4.26. The van der Waals surface area contributed by atoms with Gasteiger partial charge in [-0.2, -0.15) is 15.6 Å². The first-order chi connectivity index (χ1) is 8.10. The van der Waals surface area contributed by atoms with Crippen LogP contribution in [0.15, 0.2) is 23.3 Å². The highest BCUT2D eigenvalue weighted by atomic mass is 35.5. The lowest BCUT2D eigenvalue weighted by Crippen LogP contribution is -2.04. The van der Waals surface area contributed by atoms with Crippen molar-refractivity contribution < 1.29 is 9.90 Å². The van der Waals surface area contributed by atoms with Gasteiger partial charge < -0.3 is 5.11 Å². The summed E-state index contributed by atoms with van der Waals surface area (Å²) in [5.41, 5.74) is 1.83. The fourth-order valence-corrected chi connectivity index (χ4v) is 1.28. The standard InChI is InChI=1S/C10H5ClN4O2/c11-7-2-1-3-8(9(7)10(16)17)15-14-6(4-12)5-13/h1-3,15H,(H,16,17). The number of rotatable bonds is 3. The summed E-state index contributed by atoms with van der Waals surface area (Å²) in [6.45, 7) is 0. The van der Waals surface area contributed by atoms with Crippen LogP contribution in [0, 0.1) is 22.7 Å². The molecule has 0 atom stereocenters. The molecule has 1 rings (SSSR count). The summed E-state index contributed by atoms with van der Waals surface area (Å²) in [5.74, 6) is -1.23. The van der Waals surface area contributed by atoms with Crippen molar-refractivity contribution in [3.63, 3.8) is 0 Å². The molecule has 0 aliphatic carbocycles. The number of hydrazone groups is 1. The monoisotopic (exact) mass is 248 g/mol. The maximum Gasteiger partial charge on any atom is 0.339 e. The molecule has 1 aromatic rings. The lowest BCUT2D eigenvalue weighted by molar-refractivity contribution is 0.0698. The first-order valence-corrected chi connectivity index (χ1v) is 4.63. The van der Waals surface area contributed by atoms with Crippen molar-refractivity contribution in [1.82, 2.24) is 0 Å². The minimum atomic E-state index is -1.23. The fourth-order valence-electron chi connectivity index (χ4n) is 1.03. The largest absolute Gasteiger partial charge is 0.478 e. The molecule has 0 aliphatic rings. The van der Waals surface area contributed by atoms with E-state index < -0.39 is 11.7 Å². The van der Waals surface area contributed by atoms with E-state index in [4.69, 9.17) is 27.2 Å². The Labute approximate surface area is 101 Å². The Hall–Kier alpha value is -2.57. The van der Waals surface area contributed by atoms with Crippen molar-refractivity contribution in [2.45, 2.75) is 0 Å². The molecule has 0 heterocycles. The number of hydrogen-bond acceptors (Lipinski definition) is 5. The van der Waals surface area contributed by atoms with Gasteiger partial charge in [-0.1, -0.05) is 17.7 Å². The molecule has 6 nitrogen and oxygen atoms in total. The van der Waals surface area contributed by atoms with E-state index >= 15 is 0 Å². The first kappa shape index (κ1) is 12.5. The maximum absolute atomic E-state index is 10.9. The number of benzene rings is 1. The van der Waals surface area contributed by atoms with Crippen LogP contribution in [-0.2, 0) is 0 Å². The molecule has 0 unspecified atom stereocenters. The number of anilines is 1.